The Morgan fingerprint density at radius 1 is 1.11 bits per heavy atom. The smallest absolute Gasteiger partial charge is 0.422 e. The average molecular weight is 403 g/mol. The van der Waals surface area contributed by atoms with Crippen LogP contribution in [0.2, 0.25) is 0 Å². The molecule has 0 heterocycles. The van der Waals surface area contributed by atoms with Crippen molar-refractivity contribution in [2.45, 2.75) is 52.8 Å². The van der Waals surface area contributed by atoms with Gasteiger partial charge in [-0.1, -0.05) is 32.0 Å². The minimum atomic E-state index is -4.39. The lowest BCUT2D eigenvalue weighted by Crippen LogP contribution is -2.43. The molecule has 0 saturated carbocycles. The minimum Gasteiger partial charge on any atom is -0.484 e. The summed E-state index contributed by atoms with van der Waals surface area (Å²) >= 11 is 0. The molecule has 28 heavy (non-hydrogen) atoms. The summed E-state index contributed by atoms with van der Waals surface area (Å²) in [5, 5.41) is 15.8. The van der Waals surface area contributed by atoms with Crippen LogP contribution in [0.15, 0.2) is 29.3 Å². The van der Waals surface area contributed by atoms with E-state index >= 15 is 0 Å². The summed E-state index contributed by atoms with van der Waals surface area (Å²) in [6, 6.07) is 6.59. The number of aliphatic hydroxyl groups is 1. The molecule has 0 unspecified atom stereocenters. The highest BCUT2D eigenvalue weighted by Crippen LogP contribution is 2.29. The Bertz CT molecular complexity index is 603. The predicted octanol–water partition coefficient (Wildman–Crippen LogP) is 3.87. The highest BCUT2D eigenvalue weighted by atomic mass is 19.4. The Morgan fingerprint density at radius 2 is 1.79 bits per heavy atom. The molecule has 1 aromatic rings. The van der Waals surface area contributed by atoms with E-state index in [4.69, 9.17) is 4.74 Å². The Hall–Kier alpha value is -1.96. The van der Waals surface area contributed by atoms with Crippen LogP contribution in [-0.2, 0) is 6.54 Å². The third-order valence-corrected chi connectivity index (χ3v) is 4.89. The lowest BCUT2D eigenvalue weighted by Gasteiger charge is -2.32. The van der Waals surface area contributed by atoms with Crippen LogP contribution in [0, 0.1) is 5.41 Å². The maximum absolute atomic E-state index is 12.4. The van der Waals surface area contributed by atoms with Gasteiger partial charge in [0.2, 0.25) is 0 Å². The van der Waals surface area contributed by atoms with Crippen LogP contribution >= 0.6 is 0 Å². The number of alkyl halides is 3. The third-order valence-electron chi connectivity index (χ3n) is 4.89. The summed E-state index contributed by atoms with van der Waals surface area (Å²) in [5.74, 6) is 0.758. The number of hydrogen-bond acceptors (Lipinski definition) is 3. The van der Waals surface area contributed by atoms with Crippen LogP contribution in [0.4, 0.5) is 13.2 Å². The van der Waals surface area contributed by atoms with Gasteiger partial charge in [0.25, 0.3) is 0 Å². The molecule has 0 aliphatic heterocycles. The van der Waals surface area contributed by atoms with E-state index in [9.17, 15) is 18.3 Å². The quantitative estimate of drug-likeness (QED) is 0.388. The molecule has 0 saturated heterocycles. The first-order valence-electron chi connectivity index (χ1n) is 9.69. The Labute approximate surface area is 165 Å². The van der Waals surface area contributed by atoms with Gasteiger partial charge in [-0.15, -0.1) is 0 Å². The van der Waals surface area contributed by atoms with Crippen molar-refractivity contribution < 1.29 is 23.0 Å². The molecule has 0 amide bonds. The molecule has 5 nitrogen and oxygen atoms in total. The van der Waals surface area contributed by atoms with E-state index in [0.717, 1.165) is 12.8 Å². The number of nitrogens with one attached hydrogen (secondary N) is 2. The molecule has 1 rings (SSSR count). The largest absolute Gasteiger partial charge is 0.484 e. The molecular formula is C20H32F3N3O2. The van der Waals surface area contributed by atoms with Crippen molar-refractivity contribution in [1.82, 2.24) is 10.6 Å². The number of para-hydroxylation sites is 1. The number of aliphatic hydroxyl groups excluding tert-OH is 1. The number of aliphatic imine (C=N–C) groups is 1. The van der Waals surface area contributed by atoms with Gasteiger partial charge in [-0.25, -0.2) is 4.99 Å². The molecule has 8 heteroatoms. The van der Waals surface area contributed by atoms with Crippen molar-refractivity contribution >= 4 is 5.96 Å². The second-order valence-electron chi connectivity index (χ2n) is 6.74. The average Bonchev–Trinajstić information content (AvgIpc) is 2.67. The SMILES string of the molecule is CCNC(=NCc1ccccc1OCC(F)(F)F)NCC(CC)(CC)CCO. The van der Waals surface area contributed by atoms with Crippen molar-refractivity contribution in [2.24, 2.45) is 10.4 Å². The van der Waals surface area contributed by atoms with Gasteiger partial charge >= 0.3 is 6.18 Å². The summed E-state index contributed by atoms with van der Waals surface area (Å²) in [4.78, 5) is 4.49. The maximum atomic E-state index is 12.4. The van der Waals surface area contributed by atoms with E-state index in [2.05, 4.69) is 29.5 Å². The number of hydrogen-bond donors (Lipinski definition) is 3. The lowest BCUT2D eigenvalue weighted by molar-refractivity contribution is -0.153. The van der Waals surface area contributed by atoms with Crippen LogP contribution in [0.3, 0.4) is 0 Å². The molecule has 0 aliphatic carbocycles. The van der Waals surface area contributed by atoms with Gasteiger partial charge < -0.3 is 20.5 Å². The zero-order valence-corrected chi connectivity index (χ0v) is 16.9. The molecule has 1 aromatic carbocycles. The second kappa shape index (κ2) is 11.8. The fourth-order valence-corrected chi connectivity index (χ4v) is 2.89. The number of rotatable bonds is 11. The van der Waals surface area contributed by atoms with Gasteiger partial charge in [-0.05, 0) is 37.7 Å². The van der Waals surface area contributed by atoms with Crippen LogP contribution in [-0.4, -0.2) is 43.5 Å². The molecule has 0 atom stereocenters. The molecule has 0 bridgehead atoms. The first kappa shape index (κ1) is 24.1. The zero-order valence-electron chi connectivity index (χ0n) is 16.9. The summed E-state index contributed by atoms with van der Waals surface area (Å²) in [6.07, 6.45) is -1.85. The molecule has 0 radical (unpaired) electrons. The van der Waals surface area contributed by atoms with Crippen molar-refractivity contribution in [3.05, 3.63) is 29.8 Å². The molecule has 3 N–H and O–H groups in total. The summed E-state index contributed by atoms with van der Waals surface area (Å²) in [7, 11) is 0. The maximum Gasteiger partial charge on any atom is 0.422 e. The van der Waals surface area contributed by atoms with Crippen molar-refractivity contribution in [2.75, 3.05) is 26.3 Å². The van der Waals surface area contributed by atoms with Crippen LogP contribution in [0.5, 0.6) is 5.75 Å². The second-order valence-corrected chi connectivity index (χ2v) is 6.74. The lowest BCUT2D eigenvalue weighted by atomic mass is 9.79. The van der Waals surface area contributed by atoms with E-state index in [1.54, 1.807) is 18.2 Å². The molecular weight excluding hydrogens is 371 g/mol. The number of ether oxygens (including phenoxy) is 1. The van der Waals surface area contributed by atoms with Crippen LogP contribution in [0.1, 0.15) is 45.6 Å². The standard InChI is InChI=1S/C20H32F3N3O2/c1-4-19(5-2,11-12-27)14-26-18(24-6-3)25-13-16-9-7-8-10-17(16)28-15-20(21,22)23/h7-10,27H,4-6,11-15H2,1-3H3,(H2,24,25,26). The predicted molar refractivity (Wildman–Crippen MR) is 106 cm³/mol. The zero-order chi connectivity index (χ0) is 21.0. The first-order chi connectivity index (χ1) is 13.3. The number of halogens is 3. The van der Waals surface area contributed by atoms with Gasteiger partial charge in [0.15, 0.2) is 12.6 Å². The normalized spacial score (nSPS) is 12.8. The molecule has 160 valence electrons. The van der Waals surface area contributed by atoms with Crippen molar-refractivity contribution in [1.29, 1.82) is 0 Å². The Morgan fingerprint density at radius 3 is 2.36 bits per heavy atom. The summed E-state index contributed by atoms with van der Waals surface area (Å²) in [6.45, 7) is 6.43. The Balaban J connectivity index is 2.84. The number of nitrogens with zero attached hydrogens (tertiary/aromatic N) is 1. The number of benzene rings is 1. The fraction of sp³-hybridized carbons (Fsp3) is 0.650. The van der Waals surface area contributed by atoms with E-state index < -0.39 is 12.8 Å². The van der Waals surface area contributed by atoms with Gasteiger partial charge in [0.05, 0.1) is 6.54 Å². The first-order valence-corrected chi connectivity index (χ1v) is 9.69. The monoisotopic (exact) mass is 403 g/mol. The molecule has 0 fully saturated rings. The molecule has 0 spiro atoms. The van der Waals surface area contributed by atoms with E-state index in [-0.39, 0.29) is 24.3 Å². The van der Waals surface area contributed by atoms with Crippen molar-refractivity contribution in [3.63, 3.8) is 0 Å². The highest BCUT2D eigenvalue weighted by Gasteiger charge is 2.29. The molecule has 0 aliphatic rings. The minimum absolute atomic E-state index is 0.0291. The van der Waals surface area contributed by atoms with Crippen molar-refractivity contribution in [3.8, 4) is 5.75 Å². The third kappa shape index (κ3) is 8.37. The molecule has 0 aromatic heterocycles. The number of guanidine groups is 1. The fourth-order valence-electron chi connectivity index (χ4n) is 2.89. The van der Waals surface area contributed by atoms with E-state index in [1.807, 2.05) is 6.92 Å². The van der Waals surface area contributed by atoms with Crippen LogP contribution in [0.25, 0.3) is 0 Å². The summed E-state index contributed by atoms with van der Waals surface area (Å²) in [5.41, 5.74) is 0.551. The highest BCUT2D eigenvalue weighted by molar-refractivity contribution is 5.79. The van der Waals surface area contributed by atoms with Gasteiger partial charge in [0.1, 0.15) is 5.75 Å². The van der Waals surface area contributed by atoms with Gasteiger partial charge in [0, 0.05) is 25.3 Å². The topological polar surface area (TPSA) is 65.9 Å². The van der Waals surface area contributed by atoms with Gasteiger partial charge in [-0.2, -0.15) is 13.2 Å². The van der Waals surface area contributed by atoms with E-state index in [1.165, 1.54) is 6.07 Å². The summed E-state index contributed by atoms with van der Waals surface area (Å²) < 4.78 is 42.2. The Kier molecular flexibility index (Phi) is 10.1. The van der Waals surface area contributed by atoms with E-state index in [0.29, 0.717) is 31.0 Å². The van der Waals surface area contributed by atoms with Gasteiger partial charge in [-0.3, -0.25) is 0 Å². The van der Waals surface area contributed by atoms with Crippen LogP contribution < -0.4 is 15.4 Å².